The summed E-state index contributed by atoms with van der Waals surface area (Å²) in [6.07, 6.45) is 0.483. The van der Waals surface area contributed by atoms with Crippen LogP contribution in [0.2, 0.25) is 5.02 Å². The lowest BCUT2D eigenvalue weighted by molar-refractivity contribution is 0.250. The highest BCUT2D eigenvalue weighted by molar-refractivity contribution is 6.31. The molecule has 1 aromatic rings. The van der Waals surface area contributed by atoms with Crippen LogP contribution in [0.1, 0.15) is 19.0 Å². The maximum Gasteiger partial charge on any atom is 0.123 e. The predicted octanol–water partition coefficient (Wildman–Crippen LogP) is 2.05. The first kappa shape index (κ1) is 12.8. The van der Waals surface area contributed by atoms with Gasteiger partial charge in [0.25, 0.3) is 0 Å². The van der Waals surface area contributed by atoms with Gasteiger partial charge in [0.2, 0.25) is 0 Å². The topological polar surface area (TPSA) is 65.9 Å². The first-order valence-electron chi connectivity index (χ1n) is 5.02. The van der Waals surface area contributed by atoms with Crippen molar-refractivity contribution in [2.45, 2.75) is 25.9 Å². The number of rotatable bonds is 4. The number of hydrogen-bond acceptors (Lipinski definition) is 4. The predicted molar refractivity (Wildman–Crippen MR) is 64.8 cm³/mol. The molecular formula is C11H15ClN4. The molecule has 0 radical (unpaired) electrons. The summed E-state index contributed by atoms with van der Waals surface area (Å²) < 4.78 is 0. The molecule has 16 heavy (non-hydrogen) atoms. The number of anilines is 1. The second-order valence-electron chi connectivity index (χ2n) is 3.79. The largest absolute Gasteiger partial charge is 0.384 e. The summed E-state index contributed by atoms with van der Waals surface area (Å²) in [7, 11) is 1.93. The molecule has 0 amide bonds. The second-order valence-corrected chi connectivity index (χ2v) is 4.20. The summed E-state index contributed by atoms with van der Waals surface area (Å²) in [5.74, 6) is 0.459. The molecule has 0 aliphatic carbocycles. The third kappa shape index (κ3) is 3.37. The summed E-state index contributed by atoms with van der Waals surface area (Å²) in [6, 6.07) is 5.72. The van der Waals surface area contributed by atoms with Crippen LogP contribution in [-0.4, -0.2) is 23.0 Å². The van der Waals surface area contributed by atoms with Crippen molar-refractivity contribution in [1.29, 1.82) is 5.26 Å². The zero-order valence-corrected chi connectivity index (χ0v) is 10.2. The van der Waals surface area contributed by atoms with E-state index in [9.17, 15) is 0 Å². The Morgan fingerprint density at radius 3 is 2.94 bits per heavy atom. The number of nitriles is 1. The number of nitrogen functional groups attached to an aromatic ring is 1. The lowest BCUT2D eigenvalue weighted by atomic mass is 10.2. The molecule has 0 aliphatic heterocycles. The summed E-state index contributed by atoms with van der Waals surface area (Å²) >= 11 is 6.01. The smallest absolute Gasteiger partial charge is 0.123 e. The Morgan fingerprint density at radius 1 is 1.62 bits per heavy atom. The van der Waals surface area contributed by atoms with Gasteiger partial charge in [-0.1, -0.05) is 11.6 Å². The lowest BCUT2D eigenvalue weighted by Crippen LogP contribution is -2.28. The second kappa shape index (κ2) is 5.69. The number of halogens is 1. The molecule has 1 atom stereocenters. The molecule has 0 saturated carbocycles. The van der Waals surface area contributed by atoms with Crippen molar-refractivity contribution in [1.82, 2.24) is 9.88 Å². The normalized spacial score (nSPS) is 12.4. The summed E-state index contributed by atoms with van der Waals surface area (Å²) in [5, 5.41) is 9.21. The Kier molecular flexibility index (Phi) is 4.53. The van der Waals surface area contributed by atoms with E-state index in [1.807, 2.05) is 18.9 Å². The SMILES string of the molecule is CC(CC#N)N(C)Cc1nc(N)ccc1Cl. The molecule has 1 aromatic heterocycles. The zero-order chi connectivity index (χ0) is 12.1. The van der Waals surface area contributed by atoms with E-state index in [1.54, 1.807) is 12.1 Å². The van der Waals surface area contributed by atoms with Crippen LogP contribution in [0.15, 0.2) is 12.1 Å². The Morgan fingerprint density at radius 2 is 2.31 bits per heavy atom. The monoisotopic (exact) mass is 238 g/mol. The molecule has 0 bridgehead atoms. The van der Waals surface area contributed by atoms with E-state index in [-0.39, 0.29) is 6.04 Å². The van der Waals surface area contributed by atoms with E-state index in [0.29, 0.717) is 23.8 Å². The van der Waals surface area contributed by atoms with Crippen molar-refractivity contribution in [3.05, 3.63) is 22.8 Å². The van der Waals surface area contributed by atoms with E-state index < -0.39 is 0 Å². The van der Waals surface area contributed by atoms with Crippen molar-refractivity contribution in [3.63, 3.8) is 0 Å². The molecular weight excluding hydrogens is 224 g/mol. The highest BCUT2D eigenvalue weighted by Gasteiger charge is 2.12. The van der Waals surface area contributed by atoms with Gasteiger partial charge in [-0.25, -0.2) is 4.98 Å². The first-order chi connectivity index (χ1) is 7.54. The van der Waals surface area contributed by atoms with Crippen molar-refractivity contribution in [2.75, 3.05) is 12.8 Å². The standard InChI is InChI=1S/C11H15ClN4/c1-8(5-6-13)16(2)7-10-9(12)3-4-11(14)15-10/h3-4,8H,5,7H2,1-2H3,(H2,14,15). The lowest BCUT2D eigenvalue weighted by Gasteiger charge is -2.22. The van der Waals surface area contributed by atoms with Gasteiger partial charge in [0.05, 0.1) is 23.2 Å². The minimum atomic E-state index is 0.171. The van der Waals surface area contributed by atoms with Gasteiger partial charge in [-0.3, -0.25) is 4.90 Å². The van der Waals surface area contributed by atoms with Crippen LogP contribution in [0.4, 0.5) is 5.82 Å². The number of nitrogens with zero attached hydrogens (tertiary/aromatic N) is 3. The molecule has 1 unspecified atom stereocenters. The molecule has 0 aliphatic rings. The van der Waals surface area contributed by atoms with Gasteiger partial charge in [-0.05, 0) is 26.1 Å². The van der Waals surface area contributed by atoms with Crippen molar-refractivity contribution < 1.29 is 0 Å². The Bertz CT molecular complexity index is 399. The fourth-order valence-electron chi connectivity index (χ4n) is 1.29. The highest BCUT2D eigenvalue weighted by Crippen LogP contribution is 2.17. The van der Waals surface area contributed by atoms with Crippen LogP contribution in [0.3, 0.4) is 0 Å². The van der Waals surface area contributed by atoms with Crippen LogP contribution in [0, 0.1) is 11.3 Å². The molecule has 2 N–H and O–H groups in total. The Hall–Kier alpha value is -1.31. The van der Waals surface area contributed by atoms with Gasteiger partial charge in [-0.15, -0.1) is 0 Å². The maximum absolute atomic E-state index is 8.61. The van der Waals surface area contributed by atoms with Gasteiger partial charge in [0, 0.05) is 12.6 Å². The fraction of sp³-hybridized carbons (Fsp3) is 0.455. The minimum absolute atomic E-state index is 0.171. The number of pyridine rings is 1. The Balaban J connectivity index is 2.73. The maximum atomic E-state index is 8.61. The van der Waals surface area contributed by atoms with Gasteiger partial charge in [0.15, 0.2) is 0 Å². The zero-order valence-electron chi connectivity index (χ0n) is 9.44. The third-order valence-electron chi connectivity index (χ3n) is 2.48. The van der Waals surface area contributed by atoms with E-state index in [4.69, 9.17) is 22.6 Å². The van der Waals surface area contributed by atoms with E-state index in [2.05, 4.69) is 11.1 Å². The summed E-state index contributed by atoms with van der Waals surface area (Å²) in [5.41, 5.74) is 6.34. The number of hydrogen-bond donors (Lipinski definition) is 1. The number of aromatic nitrogens is 1. The highest BCUT2D eigenvalue weighted by atomic mass is 35.5. The molecule has 0 saturated heterocycles. The van der Waals surface area contributed by atoms with Crippen LogP contribution in [0.25, 0.3) is 0 Å². The molecule has 0 spiro atoms. The van der Waals surface area contributed by atoms with Crippen molar-refractivity contribution in [2.24, 2.45) is 0 Å². The van der Waals surface area contributed by atoms with E-state index in [1.165, 1.54) is 0 Å². The van der Waals surface area contributed by atoms with Crippen LogP contribution in [0.5, 0.6) is 0 Å². The summed E-state index contributed by atoms with van der Waals surface area (Å²) in [4.78, 5) is 6.20. The summed E-state index contributed by atoms with van der Waals surface area (Å²) in [6.45, 7) is 2.58. The molecule has 5 heteroatoms. The molecule has 0 fully saturated rings. The van der Waals surface area contributed by atoms with Gasteiger partial charge in [-0.2, -0.15) is 5.26 Å². The minimum Gasteiger partial charge on any atom is -0.384 e. The van der Waals surface area contributed by atoms with E-state index >= 15 is 0 Å². The quantitative estimate of drug-likeness (QED) is 0.872. The molecule has 4 nitrogen and oxygen atoms in total. The fourth-order valence-corrected chi connectivity index (χ4v) is 1.46. The van der Waals surface area contributed by atoms with Crippen molar-refractivity contribution in [3.8, 4) is 6.07 Å². The average molecular weight is 239 g/mol. The molecule has 1 rings (SSSR count). The molecule has 86 valence electrons. The first-order valence-corrected chi connectivity index (χ1v) is 5.40. The van der Waals surface area contributed by atoms with Crippen LogP contribution >= 0.6 is 11.6 Å². The van der Waals surface area contributed by atoms with Crippen LogP contribution < -0.4 is 5.73 Å². The van der Waals surface area contributed by atoms with Gasteiger partial charge >= 0.3 is 0 Å². The van der Waals surface area contributed by atoms with Crippen molar-refractivity contribution >= 4 is 17.4 Å². The van der Waals surface area contributed by atoms with Gasteiger partial charge < -0.3 is 5.73 Å². The van der Waals surface area contributed by atoms with Gasteiger partial charge in [0.1, 0.15) is 5.82 Å². The average Bonchev–Trinajstić information content (AvgIpc) is 2.23. The molecule has 0 aromatic carbocycles. The molecule has 1 heterocycles. The number of nitrogens with two attached hydrogens (primary N) is 1. The Labute approximate surface area is 101 Å². The van der Waals surface area contributed by atoms with Crippen LogP contribution in [-0.2, 0) is 6.54 Å². The van der Waals surface area contributed by atoms with E-state index in [0.717, 1.165) is 5.69 Å². The third-order valence-corrected chi connectivity index (χ3v) is 2.82.